The third-order valence-electron chi connectivity index (χ3n) is 5.86. The molecule has 0 unspecified atom stereocenters. The summed E-state index contributed by atoms with van der Waals surface area (Å²) in [5.74, 6) is 2.46. The molecule has 2 aromatic carbocycles. The molecule has 0 saturated carbocycles. The molecule has 0 amide bonds. The second-order valence-electron chi connectivity index (χ2n) is 8.30. The van der Waals surface area contributed by atoms with Crippen molar-refractivity contribution >= 4 is 21.1 Å². The first-order chi connectivity index (χ1) is 17.0. The summed E-state index contributed by atoms with van der Waals surface area (Å²) in [5.41, 5.74) is 2.35. The number of hydrogen-bond acceptors (Lipinski definition) is 8. The molecule has 0 N–H and O–H groups in total. The first kappa shape index (κ1) is 23.5. The van der Waals surface area contributed by atoms with Gasteiger partial charge in [-0.15, -0.1) is 0 Å². The molecule has 35 heavy (non-hydrogen) atoms. The number of rotatable bonds is 8. The van der Waals surface area contributed by atoms with Crippen LogP contribution in [0.2, 0.25) is 0 Å². The lowest BCUT2D eigenvalue weighted by molar-refractivity contribution is 0.0730. The number of ether oxygens (including phenoxy) is 2. The lowest BCUT2D eigenvalue weighted by Gasteiger charge is -2.26. The molecular weight excluding hydrogens is 470 g/mol. The molecule has 5 rings (SSSR count). The summed E-state index contributed by atoms with van der Waals surface area (Å²) in [4.78, 5) is 9.21. The molecule has 1 aliphatic heterocycles. The van der Waals surface area contributed by atoms with Gasteiger partial charge in [-0.25, -0.2) is 13.4 Å². The molecule has 2 aromatic heterocycles. The molecule has 184 valence electrons. The van der Waals surface area contributed by atoms with Gasteiger partial charge in [0.05, 0.1) is 29.1 Å². The maximum Gasteiger partial charge on any atom is 0.243 e. The Labute approximate surface area is 203 Å². The Morgan fingerprint density at radius 2 is 1.83 bits per heavy atom. The summed E-state index contributed by atoms with van der Waals surface area (Å²) in [5, 5.41) is 3.93. The van der Waals surface area contributed by atoms with Crippen molar-refractivity contribution in [1.29, 1.82) is 0 Å². The van der Waals surface area contributed by atoms with Crippen molar-refractivity contribution in [3.05, 3.63) is 54.2 Å². The van der Waals surface area contributed by atoms with Gasteiger partial charge in [0.2, 0.25) is 21.7 Å². The molecule has 0 bridgehead atoms. The monoisotopic (exact) mass is 497 g/mol. The zero-order valence-corrected chi connectivity index (χ0v) is 20.5. The average molecular weight is 498 g/mol. The van der Waals surface area contributed by atoms with Gasteiger partial charge < -0.3 is 18.6 Å². The fraction of sp³-hybridized carbons (Fsp3) is 0.375. The highest BCUT2D eigenvalue weighted by Gasteiger charge is 2.27. The summed E-state index contributed by atoms with van der Waals surface area (Å²) in [7, 11) is -3.59. The fourth-order valence-electron chi connectivity index (χ4n) is 4.10. The van der Waals surface area contributed by atoms with Crippen molar-refractivity contribution in [3.8, 4) is 17.1 Å². The zero-order valence-electron chi connectivity index (χ0n) is 19.7. The number of fused-ring (bicyclic) bond motifs is 1. The van der Waals surface area contributed by atoms with Crippen molar-refractivity contribution in [3.63, 3.8) is 0 Å². The minimum Gasteiger partial charge on any atom is -0.486 e. The molecule has 0 aliphatic carbocycles. The maximum absolute atomic E-state index is 13.1. The Kier molecular flexibility index (Phi) is 6.54. The van der Waals surface area contributed by atoms with Gasteiger partial charge >= 0.3 is 0 Å². The number of hydrogen-bond donors (Lipinski definition) is 0. The second kappa shape index (κ2) is 9.76. The van der Waals surface area contributed by atoms with Gasteiger partial charge in [-0.05, 0) is 48.9 Å². The van der Waals surface area contributed by atoms with Crippen LogP contribution in [0.3, 0.4) is 0 Å². The minimum absolute atomic E-state index is 0.243. The van der Waals surface area contributed by atoms with E-state index < -0.39 is 10.0 Å². The average Bonchev–Trinajstić information content (AvgIpc) is 3.47. The first-order valence-electron chi connectivity index (χ1n) is 11.6. The predicted molar refractivity (Wildman–Crippen MR) is 128 cm³/mol. The normalized spacial score (nSPS) is 15.0. The lowest BCUT2D eigenvalue weighted by atomic mass is 10.2. The van der Waals surface area contributed by atoms with Crippen molar-refractivity contribution in [2.75, 3.05) is 26.3 Å². The van der Waals surface area contributed by atoms with E-state index in [-0.39, 0.29) is 11.5 Å². The van der Waals surface area contributed by atoms with Crippen LogP contribution >= 0.6 is 0 Å². The molecule has 4 aromatic rings. The lowest BCUT2D eigenvalue weighted by Crippen LogP contribution is -2.40. The molecule has 3 heterocycles. The Bertz CT molecular complexity index is 1420. The number of sulfonamides is 1. The van der Waals surface area contributed by atoms with Crippen LogP contribution in [0.5, 0.6) is 5.75 Å². The molecule has 0 radical (unpaired) electrons. The fourth-order valence-corrected chi connectivity index (χ4v) is 5.53. The minimum atomic E-state index is -3.59. The predicted octanol–water partition coefficient (Wildman–Crippen LogP) is 3.40. The van der Waals surface area contributed by atoms with Gasteiger partial charge in [0, 0.05) is 32.1 Å². The Balaban J connectivity index is 1.37. The van der Waals surface area contributed by atoms with E-state index in [9.17, 15) is 8.42 Å². The molecule has 11 heteroatoms. The van der Waals surface area contributed by atoms with Crippen LogP contribution in [-0.4, -0.2) is 58.7 Å². The second-order valence-corrected chi connectivity index (χ2v) is 10.2. The van der Waals surface area contributed by atoms with Crippen molar-refractivity contribution in [1.82, 2.24) is 24.0 Å². The summed E-state index contributed by atoms with van der Waals surface area (Å²) >= 11 is 0. The smallest absolute Gasteiger partial charge is 0.243 e. The van der Waals surface area contributed by atoms with E-state index in [1.807, 2.05) is 30.3 Å². The largest absolute Gasteiger partial charge is 0.486 e. The van der Waals surface area contributed by atoms with E-state index >= 15 is 0 Å². The molecule has 10 nitrogen and oxygen atoms in total. The third kappa shape index (κ3) is 4.79. The van der Waals surface area contributed by atoms with Gasteiger partial charge in [-0.1, -0.05) is 12.1 Å². The molecule has 0 spiro atoms. The van der Waals surface area contributed by atoms with Crippen molar-refractivity contribution in [2.24, 2.45) is 0 Å². The number of imidazole rings is 1. The highest BCUT2D eigenvalue weighted by atomic mass is 32.2. The highest BCUT2D eigenvalue weighted by Crippen LogP contribution is 2.25. The molecule has 1 saturated heterocycles. The van der Waals surface area contributed by atoms with E-state index in [2.05, 4.69) is 21.6 Å². The highest BCUT2D eigenvalue weighted by molar-refractivity contribution is 7.89. The van der Waals surface area contributed by atoms with Crippen molar-refractivity contribution in [2.45, 2.75) is 38.3 Å². The first-order valence-corrected chi connectivity index (χ1v) is 13.0. The zero-order chi connectivity index (χ0) is 24.4. The summed E-state index contributed by atoms with van der Waals surface area (Å²) in [6.45, 7) is 6.36. The topological polar surface area (TPSA) is 113 Å². The molecule has 1 aliphatic rings. The van der Waals surface area contributed by atoms with E-state index in [1.165, 1.54) is 4.31 Å². The number of aryl methyl sites for hydroxylation is 2. The molecule has 1 fully saturated rings. The number of morpholine rings is 1. The van der Waals surface area contributed by atoms with Gasteiger partial charge in [0.15, 0.2) is 0 Å². The summed E-state index contributed by atoms with van der Waals surface area (Å²) < 4.78 is 46.1. The Hall–Kier alpha value is -3.28. The third-order valence-corrected chi connectivity index (χ3v) is 7.76. The number of aromatic nitrogens is 4. The van der Waals surface area contributed by atoms with Gasteiger partial charge in [0.25, 0.3) is 0 Å². The van der Waals surface area contributed by atoms with E-state index in [1.54, 1.807) is 19.1 Å². The van der Waals surface area contributed by atoms with E-state index in [0.29, 0.717) is 49.3 Å². The van der Waals surface area contributed by atoms with Gasteiger partial charge in [-0.3, -0.25) is 0 Å². The standard InChI is InChI=1S/C24H27N5O5S/c1-3-10-29-22-9-8-20(35(30,31)28-11-13-32-14-12-28)15-21(22)26-23(29)16-33-19-6-4-18(5-7-19)24-25-17(2)34-27-24/h4-9,15H,3,10-14,16H2,1-2H3. The van der Waals surface area contributed by atoms with Crippen molar-refractivity contribution < 1.29 is 22.4 Å². The van der Waals surface area contributed by atoms with E-state index in [4.69, 9.17) is 19.0 Å². The quantitative estimate of drug-likeness (QED) is 0.364. The Morgan fingerprint density at radius 1 is 1.06 bits per heavy atom. The maximum atomic E-state index is 13.1. The van der Waals surface area contributed by atoms with Crippen LogP contribution in [0.15, 0.2) is 51.9 Å². The van der Waals surface area contributed by atoms with Crippen LogP contribution in [-0.2, 0) is 27.9 Å². The van der Waals surface area contributed by atoms with Crippen LogP contribution in [0.1, 0.15) is 25.1 Å². The van der Waals surface area contributed by atoms with Crippen LogP contribution in [0.25, 0.3) is 22.4 Å². The Morgan fingerprint density at radius 3 is 2.51 bits per heavy atom. The van der Waals surface area contributed by atoms with E-state index in [0.717, 1.165) is 29.9 Å². The molecule has 0 atom stereocenters. The number of nitrogens with zero attached hydrogens (tertiary/aromatic N) is 5. The van der Waals surface area contributed by atoms with Gasteiger partial charge in [0.1, 0.15) is 18.2 Å². The van der Waals surface area contributed by atoms with Crippen LogP contribution in [0.4, 0.5) is 0 Å². The summed E-state index contributed by atoms with van der Waals surface area (Å²) in [6.07, 6.45) is 0.908. The van der Waals surface area contributed by atoms with Crippen LogP contribution in [0, 0.1) is 6.92 Å². The van der Waals surface area contributed by atoms with Crippen LogP contribution < -0.4 is 4.74 Å². The summed E-state index contributed by atoms with van der Waals surface area (Å²) in [6, 6.07) is 12.6. The number of benzene rings is 2. The SMILES string of the molecule is CCCn1c(COc2ccc(-c3noc(C)n3)cc2)nc2cc(S(=O)(=O)N3CCOCC3)ccc21. The molecular formula is C24H27N5O5S. The van der Waals surface area contributed by atoms with Gasteiger partial charge in [-0.2, -0.15) is 9.29 Å².